The number of carbonyl (C=O) groups excluding carboxylic acids is 1. The second-order valence-electron chi connectivity index (χ2n) is 5.30. The van der Waals surface area contributed by atoms with Gasteiger partial charge in [0.25, 0.3) is 0 Å². The molecule has 1 N–H and O–H groups in total. The first-order valence-corrected chi connectivity index (χ1v) is 8.54. The maximum atomic E-state index is 11.7. The van der Waals surface area contributed by atoms with E-state index in [0.717, 1.165) is 10.6 Å². The molecule has 3 aromatic rings. The number of benzene rings is 2. The Hall–Kier alpha value is -3.06. The van der Waals surface area contributed by atoms with Gasteiger partial charge in [0.05, 0.1) is 21.3 Å². The molecule has 1 heterocycles. The minimum absolute atomic E-state index is 0.00585. The molecule has 0 saturated heterocycles. The van der Waals surface area contributed by atoms with E-state index < -0.39 is 0 Å². The van der Waals surface area contributed by atoms with Crippen molar-refractivity contribution >= 4 is 17.6 Å². The summed E-state index contributed by atoms with van der Waals surface area (Å²) in [5.41, 5.74) is 1.98. The number of phenols is 1. The van der Waals surface area contributed by atoms with Crippen LogP contribution in [-0.2, 0) is 0 Å². The number of rotatable bonds is 6. The fourth-order valence-electron chi connectivity index (χ4n) is 2.79. The van der Waals surface area contributed by atoms with Crippen molar-refractivity contribution in [3.05, 3.63) is 41.4 Å². The molecule has 0 radical (unpaired) electrons. The Balaban J connectivity index is 2.24. The summed E-state index contributed by atoms with van der Waals surface area (Å²) in [5.74, 6) is 1.03. The molecule has 3 rings (SSSR count). The lowest BCUT2D eigenvalue weighted by Gasteiger charge is -2.18. The molecule has 0 amide bonds. The topological polar surface area (TPSA) is 77.9 Å². The van der Waals surface area contributed by atoms with Crippen molar-refractivity contribution in [2.24, 2.45) is 0 Å². The number of hydrogen-bond donors (Lipinski definition) is 1. The Labute approximate surface area is 154 Å². The smallest absolute Gasteiger partial charge is 0.203 e. The molecule has 0 aliphatic rings. The van der Waals surface area contributed by atoms with Gasteiger partial charge in [-0.3, -0.25) is 4.79 Å². The van der Waals surface area contributed by atoms with Crippen molar-refractivity contribution in [3.8, 4) is 44.7 Å². The van der Waals surface area contributed by atoms with Crippen molar-refractivity contribution in [2.75, 3.05) is 21.3 Å². The highest BCUT2D eigenvalue weighted by Gasteiger charge is 2.23. The molecule has 0 saturated carbocycles. The molecule has 0 aliphatic carbocycles. The van der Waals surface area contributed by atoms with Crippen LogP contribution in [0.5, 0.6) is 23.0 Å². The van der Waals surface area contributed by atoms with Gasteiger partial charge in [0, 0.05) is 33.8 Å². The first-order valence-electron chi connectivity index (χ1n) is 7.66. The highest BCUT2D eigenvalue weighted by atomic mass is 32.1. The van der Waals surface area contributed by atoms with Crippen LogP contribution in [0, 0.1) is 0 Å². The third-order valence-electron chi connectivity index (χ3n) is 3.93. The Bertz CT molecular complexity index is 938. The summed E-state index contributed by atoms with van der Waals surface area (Å²) in [6.45, 7) is 0. The normalized spacial score (nSPS) is 10.4. The highest BCUT2D eigenvalue weighted by molar-refractivity contribution is 7.13. The molecule has 7 heteroatoms. The maximum Gasteiger partial charge on any atom is 0.203 e. The monoisotopic (exact) mass is 371 g/mol. The Kier molecular flexibility index (Phi) is 5.09. The Morgan fingerprint density at radius 1 is 1.08 bits per heavy atom. The summed E-state index contributed by atoms with van der Waals surface area (Å²) in [4.78, 5) is 15.9. The van der Waals surface area contributed by atoms with Crippen molar-refractivity contribution in [1.82, 2.24) is 4.98 Å². The molecule has 0 atom stereocenters. The number of thiazole rings is 1. The van der Waals surface area contributed by atoms with Gasteiger partial charge in [-0.1, -0.05) is 6.07 Å². The summed E-state index contributed by atoms with van der Waals surface area (Å²) < 4.78 is 16.1. The summed E-state index contributed by atoms with van der Waals surface area (Å²) in [5, 5.41) is 13.3. The number of aromatic hydroxyl groups is 1. The molecule has 1 aromatic heterocycles. The number of aromatic nitrogens is 1. The average Bonchev–Trinajstić information content (AvgIpc) is 3.21. The van der Waals surface area contributed by atoms with Crippen LogP contribution in [0.1, 0.15) is 10.4 Å². The lowest BCUT2D eigenvalue weighted by molar-refractivity contribution is 0.112. The molecule has 0 bridgehead atoms. The van der Waals surface area contributed by atoms with Crippen molar-refractivity contribution in [1.29, 1.82) is 0 Å². The SMILES string of the molecule is COc1cc(C=O)c(-c2ccc(-c3nccs3)cc2O)c(OC)c1OC. The molecule has 2 aromatic carbocycles. The number of methoxy groups -OCH3 is 3. The molecular weight excluding hydrogens is 354 g/mol. The fraction of sp³-hybridized carbons (Fsp3) is 0.158. The average molecular weight is 371 g/mol. The summed E-state index contributed by atoms with van der Waals surface area (Å²) in [6, 6.07) is 6.72. The van der Waals surface area contributed by atoms with Gasteiger partial charge in [-0.25, -0.2) is 4.98 Å². The summed E-state index contributed by atoms with van der Waals surface area (Å²) in [7, 11) is 4.43. The van der Waals surface area contributed by atoms with Crippen LogP contribution in [0.15, 0.2) is 35.8 Å². The van der Waals surface area contributed by atoms with E-state index in [1.807, 2.05) is 11.4 Å². The summed E-state index contributed by atoms with van der Waals surface area (Å²) in [6.07, 6.45) is 2.39. The van der Waals surface area contributed by atoms with Crippen molar-refractivity contribution in [3.63, 3.8) is 0 Å². The predicted octanol–water partition coefficient (Wildman–Crippen LogP) is 4.02. The van der Waals surface area contributed by atoms with Gasteiger partial charge in [-0.15, -0.1) is 11.3 Å². The first-order chi connectivity index (χ1) is 12.6. The number of ether oxygens (including phenoxy) is 3. The quantitative estimate of drug-likeness (QED) is 0.660. The first kappa shape index (κ1) is 17.8. The number of nitrogens with zero attached hydrogens (tertiary/aromatic N) is 1. The second-order valence-corrected chi connectivity index (χ2v) is 6.19. The van der Waals surface area contributed by atoms with E-state index in [1.165, 1.54) is 32.7 Å². The zero-order chi connectivity index (χ0) is 18.7. The van der Waals surface area contributed by atoms with E-state index >= 15 is 0 Å². The van der Waals surface area contributed by atoms with Crippen LogP contribution in [-0.4, -0.2) is 37.7 Å². The molecule has 0 aliphatic heterocycles. The van der Waals surface area contributed by atoms with E-state index in [9.17, 15) is 9.90 Å². The molecule has 0 spiro atoms. The van der Waals surface area contributed by atoms with Crippen LogP contribution in [0.3, 0.4) is 0 Å². The molecule has 26 heavy (non-hydrogen) atoms. The minimum atomic E-state index is 0.00585. The zero-order valence-corrected chi connectivity index (χ0v) is 15.3. The third-order valence-corrected chi connectivity index (χ3v) is 4.76. The van der Waals surface area contributed by atoms with Crippen LogP contribution in [0.25, 0.3) is 21.7 Å². The molecular formula is C19H17NO5S. The van der Waals surface area contributed by atoms with Gasteiger partial charge < -0.3 is 19.3 Å². The lowest BCUT2D eigenvalue weighted by atomic mass is 9.96. The Morgan fingerprint density at radius 3 is 2.38 bits per heavy atom. The second kappa shape index (κ2) is 7.45. The van der Waals surface area contributed by atoms with E-state index in [0.29, 0.717) is 40.2 Å². The van der Waals surface area contributed by atoms with Gasteiger partial charge in [-0.05, 0) is 18.2 Å². The van der Waals surface area contributed by atoms with Gasteiger partial charge in [0.1, 0.15) is 10.8 Å². The molecule has 6 nitrogen and oxygen atoms in total. The third kappa shape index (κ3) is 2.97. The molecule has 0 unspecified atom stereocenters. The molecule has 0 fully saturated rings. The van der Waals surface area contributed by atoms with Crippen LogP contribution in [0.2, 0.25) is 0 Å². The number of aldehydes is 1. The van der Waals surface area contributed by atoms with E-state index in [1.54, 1.807) is 24.4 Å². The van der Waals surface area contributed by atoms with Gasteiger partial charge in [0.15, 0.2) is 17.8 Å². The number of carbonyl (C=O) groups is 1. The van der Waals surface area contributed by atoms with Crippen molar-refractivity contribution in [2.45, 2.75) is 0 Å². The van der Waals surface area contributed by atoms with Crippen LogP contribution in [0.4, 0.5) is 0 Å². The standard InChI is InChI=1S/C19H17NO5S/c1-23-15-9-12(10-21)16(18(25-3)17(15)24-2)13-5-4-11(8-14(13)22)19-20-6-7-26-19/h4-10,22H,1-3H3. The van der Waals surface area contributed by atoms with Crippen LogP contribution < -0.4 is 14.2 Å². The number of phenolic OH excluding ortho intramolecular Hbond substituents is 1. The summed E-state index contributed by atoms with van der Waals surface area (Å²) >= 11 is 1.47. The lowest BCUT2D eigenvalue weighted by Crippen LogP contribution is -2.00. The Morgan fingerprint density at radius 2 is 1.85 bits per heavy atom. The van der Waals surface area contributed by atoms with E-state index in [2.05, 4.69) is 4.98 Å². The number of hydrogen-bond acceptors (Lipinski definition) is 7. The highest BCUT2D eigenvalue weighted by Crippen LogP contribution is 2.48. The van der Waals surface area contributed by atoms with Gasteiger partial charge in [0.2, 0.25) is 5.75 Å². The zero-order valence-electron chi connectivity index (χ0n) is 14.5. The predicted molar refractivity (Wildman–Crippen MR) is 99.7 cm³/mol. The van der Waals surface area contributed by atoms with Gasteiger partial charge >= 0.3 is 0 Å². The fourth-order valence-corrected chi connectivity index (χ4v) is 3.42. The largest absolute Gasteiger partial charge is 0.507 e. The minimum Gasteiger partial charge on any atom is -0.507 e. The van der Waals surface area contributed by atoms with E-state index in [4.69, 9.17) is 14.2 Å². The maximum absolute atomic E-state index is 11.7. The van der Waals surface area contributed by atoms with Crippen molar-refractivity contribution < 1.29 is 24.1 Å². The van der Waals surface area contributed by atoms with Gasteiger partial charge in [-0.2, -0.15) is 0 Å². The van der Waals surface area contributed by atoms with Crippen LogP contribution >= 0.6 is 11.3 Å². The molecule has 134 valence electrons. The van der Waals surface area contributed by atoms with E-state index in [-0.39, 0.29) is 5.75 Å².